The van der Waals surface area contributed by atoms with Crippen LogP contribution in [-0.4, -0.2) is 55.5 Å². The summed E-state index contributed by atoms with van der Waals surface area (Å²) in [6, 6.07) is 1.03. The van der Waals surface area contributed by atoms with Gasteiger partial charge in [0.05, 0.1) is 5.60 Å². The summed E-state index contributed by atoms with van der Waals surface area (Å²) in [5, 5.41) is 0. The first-order valence-electron chi connectivity index (χ1n) is 8.40. The Morgan fingerprint density at radius 2 is 2.00 bits per heavy atom. The number of nitrogens with zero attached hydrogens (tertiary/aromatic N) is 1. The molecule has 3 heterocycles. The highest BCUT2D eigenvalue weighted by Gasteiger charge is 2.41. The molecule has 3 aliphatic rings. The highest BCUT2D eigenvalue weighted by Crippen LogP contribution is 2.37. The van der Waals surface area contributed by atoms with E-state index in [0.29, 0.717) is 18.0 Å². The summed E-state index contributed by atoms with van der Waals surface area (Å²) in [5.41, 5.74) is 6.24. The molecular weight excluding hydrogens is 252 g/mol. The maximum Gasteiger partial charge on any atom is 0.0741 e. The third kappa shape index (κ3) is 3.19. The predicted molar refractivity (Wildman–Crippen MR) is 79.7 cm³/mol. The van der Waals surface area contributed by atoms with Gasteiger partial charge >= 0.3 is 0 Å². The summed E-state index contributed by atoms with van der Waals surface area (Å²) in [7, 11) is 0. The predicted octanol–water partition coefficient (Wildman–Crippen LogP) is 1.77. The standard InChI is InChI=1S/C16H30N2O2/c1-13(17)14-3-2-7-18(12-14)15-4-8-20-16(11-15)5-9-19-10-6-16/h13-15H,2-12,17H2,1H3. The first kappa shape index (κ1) is 14.8. The first-order valence-corrected chi connectivity index (χ1v) is 8.40. The fourth-order valence-electron chi connectivity index (χ4n) is 4.21. The van der Waals surface area contributed by atoms with Gasteiger partial charge < -0.3 is 15.2 Å². The Morgan fingerprint density at radius 1 is 1.20 bits per heavy atom. The molecule has 4 heteroatoms. The molecule has 116 valence electrons. The quantitative estimate of drug-likeness (QED) is 0.838. The SMILES string of the molecule is CC(N)C1CCCN(C2CCOC3(CCOCC3)C2)C1. The van der Waals surface area contributed by atoms with Crippen molar-refractivity contribution >= 4 is 0 Å². The summed E-state index contributed by atoms with van der Waals surface area (Å²) < 4.78 is 11.7. The Kier molecular flexibility index (Phi) is 4.65. The van der Waals surface area contributed by atoms with E-state index in [2.05, 4.69) is 11.8 Å². The number of piperidine rings is 1. The second kappa shape index (κ2) is 6.30. The summed E-state index contributed by atoms with van der Waals surface area (Å²) in [5.74, 6) is 0.678. The minimum Gasteiger partial charge on any atom is -0.381 e. The van der Waals surface area contributed by atoms with Gasteiger partial charge in [-0.05, 0) is 57.9 Å². The molecule has 0 amide bonds. The smallest absolute Gasteiger partial charge is 0.0741 e. The van der Waals surface area contributed by atoms with Gasteiger partial charge in [0.1, 0.15) is 0 Å². The van der Waals surface area contributed by atoms with Crippen LogP contribution in [0.15, 0.2) is 0 Å². The van der Waals surface area contributed by atoms with Crippen molar-refractivity contribution in [2.45, 2.75) is 63.1 Å². The van der Waals surface area contributed by atoms with Crippen molar-refractivity contribution in [3.8, 4) is 0 Å². The zero-order valence-electron chi connectivity index (χ0n) is 12.9. The van der Waals surface area contributed by atoms with Crippen molar-refractivity contribution in [2.75, 3.05) is 32.9 Å². The molecule has 20 heavy (non-hydrogen) atoms. The number of hydrogen-bond acceptors (Lipinski definition) is 4. The van der Waals surface area contributed by atoms with Crippen molar-refractivity contribution in [3.05, 3.63) is 0 Å². The van der Waals surface area contributed by atoms with E-state index in [0.717, 1.165) is 32.7 Å². The lowest BCUT2D eigenvalue weighted by Gasteiger charge is -2.48. The van der Waals surface area contributed by atoms with Crippen LogP contribution < -0.4 is 5.73 Å². The van der Waals surface area contributed by atoms with Gasteiger partial charge in [0.15, 0.2) is 0 Å². The molecule has 3 fully saturated rings. The number of hydrogen-bond donors (Lipinski definition) is 1. The van der Waals surface area contributed by atoms with E-state index in [-0.39, 0.29) is 5.60 Å². The number of nitrogens with two attached hydrogens (primary N) is 1. The van der Waals surface area contributed by atoms with Crippen LogP contribution in [0, 0.1) is 5.92 Å². The Balaban J connectivity index is 1.61. The highest BCUT2D eigenvalue weighted by molar-refractivity contribution is 4.94. The molecule has 0 aromatic carbocycles. The van der Waals surface area contributed by atoms with Gasteiger partial charge in [0, 0.05) is 38.4 Å². The van der Waals surface area contributed by atoms with Gasteiger partial charge in [-0.3, -0.25) is 4.90 Å². The average Bonchev–Trinajstić information content (AvgIpc) is 2.48. The molecule has 0 aliphatic carbocycles. The lowest BCUT2D eigenvalue weighted by Crippen LogP contribution is -2.54. The van der Waals surface area contributed by atoms with Crippen LogP contribution in [0.2, 0.25) is 0 Å². The zero-order valence-corrected chi connectivity index (χ0v) is 12.9. The molecule has 3 unspecified atom stereocenters. The molecule has 2 N–H and O–H groups in total. The molecule has 0 aromatic rings. The fraction of sp³-hybridized carbons (Fsp3) is 1.00. The Morgan fingerprint density at radius 3 is 2.75 bits per heavy atom. The molecule has 4 nitrogen and oxygen atoms in total. The molecular formula is C16H30N2O2. The molecule has 3 atom stereocenters. The second-order valence-electron chi connectivity index (χ2n) is 7.05. The van der Waals surface area contributed by atoms with E-state index < -0.39 is 0 Å². The van der Waals surface area contributed by atoms with Crippen molar-refractivity contribution < 1.29 is 9.47 Å². The summed E-state index contributed by atoms with van der Waals surface area (Å²) >= 11 is 0. The fourth-order valence-corrected chi connectivity index (χ4v) is 4.21. The molecule has 0 bridgehead atoms. The lowest BCUT2D eigenvalue weighted by molar-refractivity contribution is -0.153. The van der Waals surface area contributed by atoms with E-state index in [1.165, 1.54) is 38.8 Å². The van der Waals surface area contributed by atoms with Gasteiger partial charge in [-0.2, -0.15) is 0 Å². The van der Waals surface area contributed by atoms with Crippen molar-refractivity contribution in [1.82, 2.24) is 4.90 Å². The monoisotopic (exact) mass is 282 g/mol. The van der Waals surface area contributed by atoms with Gasteiger partial charge in [-0.1, -0.05) is 0 Å². The zero-order chi connectivity index (χ0) is 14.0. The normalized spacial score (nSPS) is 36.9. The van der Waals surface area contributed by atoms with E-state index >= 15 is 0 Å². The van der Waals surface area contributed by atoms with Gasteiger partial charge in [0.2, 0.25) is 0 Å². The van der Waals surface area contributed by atoms with E-state index in [9.17, 15) is 0 Å². The molecule has 3 rings (SSSR count). The third-order valence-corrected chi connectivity index (χ3v) is 5.62. The van der Waals surface area contributed by atoms with Crippen molar-refractivity contribution in [1.29, 1.82) is 0 Å². The number of ether oxygens (including phenoxy) is 2. The van der Waals surface area contributed by atoms with Gasteiger partial charge in [-0.15, -0.1) is 0 Å². The summed E-state index contributed by atoms with van der Waals surface area (Å²) in [4.78, 5) is 2.71. The minimum atomic E-state index is 0.114. The van der Waals surface area contributed by atoms with Crippen LogP contribution in [0.5, 0.6) is 0 Å². The second-order valence-corrected chi connectivity index (χ2v) is 7.05. The maximum atomic E-state index is 6.17. The van der Waals surface area contributed by atoms with Crippen LogP contribution in [-0.2, 0) is 9.47 Å². The minimum absolute atomic E-state index is 0.114. The molecule has 3 aliphatic heterocycles. The van der Waals surface area contributed by atoms with E-state index in [4.69, 9.17) is 15.2 Å². The lowest BCUT2D eigenvalue weighted by atomic mass is 9.82. The highest BCUT2D eigenvalue weighted by atomic mass is 16.5. The largest absolute Gasteiger partial charge is 0.381 e. The third-order valence-electron chi connectivity index (χ3n) is 5.62. The summed E-state index contributed by atoms with van der Waals surface area (Å²) in [6.07, 6.45) is 7.15. The number of rotatable bonds is 2. The Hall–Kier alpha value is -0.160. The molecule has 0 saturated carbocycles. The van der Waals surface area contributed by atoms with Gasteiger partial charge in [0.25, 0.3) is 0 Å². The molecule has 0 aromatic heterocycles. The van der Waals surface area contributed by atoms with Crippen LogP contribution in [0.4, 0.5) is 0 Å². The molecule has 1 spiro atoms. The molecule has 0 radical (unpaired) electrons. The van der Waals surface area contributed by atoms with Crippen LogP contribution in [0.1, 0.15) is 45.4 Å². The summed E-state index contributed by atoms with van der Waals surface area (Å²) in [6.45, 7) is 7.27. The topological polar surface area (TPSA) is 47.7 Å². The Bertz CT molecular complexity index is 310. The Labute approximate surface area is 123 Å². The van der Waals surface area contributed by atoms with Crippen LogP contribution in [0.25, 0.3) is 0 Å². The van der Waals surface area contributed by atoms with Crippen LogP contribution >= 0.6 is 0 Å². The van der Waals surface area contributed by atoms with Crippen molar-refractivity contribution in [3.63, 3.8) is 0 Å². The van der Waals surface area contributed by atoms with E-state index in [1.807, 2.05) is 0 Å². The average molecular weight is 282 g/mol. The molecule has 3 saturated heterocycles. The first-order chi connectivity index (χ1) is 9.69. The van der Waals surface area contributed by atoms with Crippen LogP contribution in [0.3, 0.4) is 0 Å². The number of likely N-dealkylation sites (tertiary alicyclic amines) is 1. The van der Waals surface area contributed by atoms with E-state index in [1.54, 1.807) is 0 Å². The maximum absolute atomic E-state index is 6.17. The van der Waals surface area contributed by atoms with Crippen molar-refractivity contribution in [2.24, 2.45) is 11.7 Å². The van der Waals surface area contributed by atoms with Gasteiger partial charge in [-0.25, -0.2) is 0 Å².